The second kappa shape index (κ2) is 4.29. The van der Waals surface area contributed by atoms with E-state index in [9.17, 15) is 0 Å². The Morgan fingerprint density at radius 3 is 2.30 bits per heavy atom. The zero-order chi connectivity index (χ0) is 14.5. The van der Waals surface area contributed by atoms with Gasteiger partial charge in [-0.15, -0.1) is 0 Å². The van der Waals surface area contributed by atoms with Gasteiger partial charge in [-0.1, -0.05) is 58.0 Å². The van der Waals surface area contributed by atoms with Crippen LogP contribution in [0, 0.1) is 21.5 Å². The maximum absolute atomic E-state index is 5.41. The largest absolute Gasteiger partial charge is 0.300 e. The molecule has 1 saturated carbocycles. The van der Waals surface area contributed by atoms with Crippen molar-refractivity contribution >= 4 is 12.2 Å². The van der Waals surface area contributed by atoms with Crippen molar-refractivity contribution in [3.8, 4) is 11.4 Å². The zero-order valence-corrected chi connectivity index (χ0v) is 13.3. The van der Waals surface area contributed by atoms with E-state index in [0.29, 0.717) is 21.5 Å². The van der Waals surface area contributed by atoms with Gasteiger partial charge in [-0.05, 0) is 29.0 Å². The Hall–Kier alpha value is -1.42. The van der Waals surface area contributed by atoms with Gasteiger partial charge < -0.3 is 0 Å². The molecule has 1 N–H and O–H groups in total. The lowest BCUT2D eigenvalue weighted by molar-refractivity contribution is 0.457. The molecule has 3 rings (SSSR count). The van der Waals surface area contributed by atoms with Crippen molar-refractivity contribution in [2.75, 3.05) is 0 Å². The molecular weight excluding hydrogens is 266 g/mol. The fourth-order valence-corrected chi connectivity index (χ4v) is 3.47. The first-order chi connectivity index (χ1) is 9.35. The number of hydrogen-bond acceptors (Lipinski definition) is 2. The normalized spacial score (nSPS) is 20.0. The van der Waals surface area contributed by atoms with E-state index in [1.807, 2.05) is 18.2 Å². The first-order valence-corrected chi connectivity index (χ1v) is 7.47. The average Bonchev–Trinajstić information content (AvgIpc) is 2.71. The van der Waals surface area contributed by atoms with E-state index in [1.165, 1.54) is 0 Å². The van der Waals surface area contributed by atoms with Crippen LogP contribution in [0.1, 0.15) is 27.7 Å². The van der Waals surface area contributed by atoms with Crippen LogP contribution in [0.3, 0.4) is 0 Å². The highest BCUT2D eigenvalue weighted by Gasteiger charge is 2.64. The van der Waals surface area contributed by atoms with Crippen molar-refractivity contribution in [3.63, 3.8) is 0 Å². The minimum atomic E-state index is 0.354. The molecule has 1 aromatic heterocycles. The number of aromatic nitrogens is 3. The summed E-state index contributed by atoms with van der Waals surface area (Å²) in [6, 6.07) is 10.2. The Morgan fingerprint density at radius 1 is 1.15 bits per heavy atom. The number of aromatic amines is 1. The Labute approximate surface area is 125 Å². The van der Waals surface area contributed by atoms with Crippen LogP contribution in [0.4, 0.5) is 0 Å². The van der Waals surface area contributed by atoms with Crippen LogP contribution >= 0.6 is 12.2 Å². The predicted molar refractivity (Wildman–Crippen MR) is 83.9 cm³/mol. The van der Waals surface area contributed by atoms with Gasteiger partial charge in [-0.2, -0.15) is 5.10 Å². The number of benzene rings is 1. The third-order valence-electron chi connectivity index (χ3n) is 5.48. The summed E-state index contributed by atoms with van der Waals surface area (Å²) in [5, 5.41) is 7.35. The molecule has 0 spiro atoms. The van der Waals surface area contributed by atoms with Gasteiger partial charge in [0.05, 0.1) is 0 Å². The fraction of sp³-hybridized carbons (Fsp3) is 0.500. The van der Waals surface area contributed by atoms with Gasteiger partial charge in [0.15, 0.2) is 10.6 Å². The monoisotopic (exact) mass is 287 g/mol. The summed E-state index contributed by atoms with van der Waals surface area (Å²) >= 11 is 5.41. The molecule has 0 atom stereocenters. The van der Waals surface area contributed by atoms with Crippen LogP contribution in [-0.2, 0) is 6.54 Å². The van der Waals surface area contributed by atoms with Gasteiger partial charge >= 0.3 is 0 Å². The van der Waals surface area contributed by atoms with Crippen molar-refractivity contribution in [1.29, 1.82) is 0 Å². The van der Waals surface area contributed by atoms with Gasteiger partial charge in [-0.25, -0.2) is 0 Å². The lowest BCUT2D eigenvalue weighted by Crippen LogP contribution is -2.06. The number of H-pyrrole nitrogens is 1. The summed E-state index contributed by atoms with van der Waals surface area (Å²) < 4.78 is 2.86. The van der Waals surface area contributed by atoms with Crippen LogP contribution in [0.15, 0.2) is 30.3 Å². The van der Waals surface area contributed by atoms with E-state index < -0.39 is 0 Å². The van der Waals surface area contributed by atoms with Crippen LogP contribution in [-0.4, -0.2) is 14.8 Å². The second-order valence-electron chi connectivity index (χ2n) is 6.82. The Kier molecular flexibility index (Phi) is 2.91. The van der Waals surface area contributed by atoms with Gasteiger partial charge in [0, 0.05) is 12.1 Å². The minimum Gasteiger partial charge on any atom is -0.300 e. The van der Waals surface area contributed by atoms with Crippen LogP contribution in [0.5, 0.6) is 0 Å². The molecule has 20 heavy (non-hydrogen) atoms. The summed E-state index contributed by atoms with van der Waals surface area (Å²) in [5.41, 5.74) is 1.82. The molecule has 106 valence electrons. The highest BCUT2D eigenvalue weighted by molar-refractivity contribution is 7.71. The van der Waals surface area contributed by atoms with E-state index >= 15 is 0 Å². The molecule has 0 bridgehead atoms. The Bertz CT molecular complexity index is 665. The van der Waals surface area contributed by atoms with Gasteiger partial charge in [-0.3, -0.25) is 9.67 Å². The topological polar surface area (TPSA) is 33.6 Å². The van der Waals surface area contributed by atoms with Gasteiger partial charge in [0.25, 0.3) is 0 Å². The van der Waals surface area contributed by atoms with E-state index in [4.69, 9.17) is 12.2 Å². The van der Waals surface area contributed by atoms with Gasteiger partial charge in [0.1, 0.15) is 0 Å². The fourth-order valence-electron chi connectivity index (χ4n) is 3.27. The highest BCUT2D eigenvalue weighted by atomic mass is 32.1. The molecule has 2 aromatic rings. The van der Waals surface area contributed by atoms with Gasteiger partial charge in [0.2, 0.25) is 0 Å². The molecular formula is C16H21N3S. The molecule has 1 fully saturated rings. The molecule has 0 radical (unpaired) electrons. The van der Waals surface area contributed by atoms with E-state index in [0.717, 1.165) is 17.9 Å². The van der Waals surface area contributed by atoms with Crippen LogP contribution < -0.4 is 0 Å². The maximum Gasteiger partial charge on any atom is 0.195 e. The summed E-state index contributed by atoms with van der Waals surface area (Å²) in [6.45, 7) is 10.3. The van der Waals surface area contributed by atoms with Crippen molar-refractivity contribution in [1.82, 2.24) is 14.8 Å². The third kappa shape index (κ3) is 1.85. The summed E-state index contributed by atoms with van der Waals surface area (Å²) in [6.07, 6.45) is 0. The predicted octanol–water partition coefficient (Wildman–Crippen LogP) is 4.29. The molecule has 1 aliphatic rings. The zero-order valence-electron chi connectivity index (χ0n) is 12.5. The van der Waals surface area contributed by atoms with E-state index in [2.05, 4.69) is 54.6 Å². The number of nitrogens with one attached hydrogen (secondary N) is 1. The number of nitrogens with zero attached hydrogens (tertiary/aromatic N) is 2. The summed E-state index contributed by atoms with van der Waals surface area (Å²) in [7, 11) is 0. The quantitative estimate of drug-likeness (QED) is 0.854. The highest BCUT2D eigenvalue weighted by Crippen LogP contribution is 2.68. The Balaban J connectivity index is 1.96. The molecule has 0 amide bonds. The Morgan fingerprint density at radius 2 is 1.75 bits per heavy atom. The summed E-state index contributed by atoms with van der Waals surface area (Å²) in [4.78, 5) is 0. The molecule has 0 aliphatic heterocycles. The van der Waals surface area contributed by atoms with Crippen molar-refractivity contribution in [2.24, 2.45) is 16.7 Å². The van der Waals surface area contributed by atoms with E-state index in [1.54, 1.807) is 0 Å². The van der Waals surface area contributed by atoms with Crippen LogP contribution in [0.25, 0.3) is 11.4 Å². The first-order valence-electron chi connectivity index (χ1n) is 7.06. The molecule has 4 heteroatoms. The average molecular weight is 287 g/mol. The minimum absolute atomic E-state index is 0.354. The molecule has 0 unspecified atom stereocenters. The van der Waals surface area contributed by atoms with E-state index in [-0.39, 0.29) is 0 Å². The lowest BCUT2D eigenvalue weighted by Gasteiger charge is -2.08. The number of hydrogen-bond donors (Lipinski definition) is 1. The third-order valence-corrected chi connectivity index (χ3v) is 5.79. The molecule has 0 saturated heterocycles. The number of rotatable bonds is 3. The van der Waals surface area contributed by atoms with Crippen molar-refractivity contribution < 1.29 is 0 Å². The van der Waals surface area contributed by atoms with Crippen LogP contribution in [0.2, 0.25) is 0 Å². The molecule has 1 aliphatic carbocycles. The smallest absolute Gasteiger partial charge is 0.195 e. The first kappa shape index (κ1) is 13.6. The molecule has 1 heterocycles. The SMILES string of the molecule is CC1(C)C(Cn2c(-c3ccccc3)n[nH]c2=S)C1(C)C. The van der Waals surface area contributed by atoms with Crippen molar-refractivity contribution in [3.05, 3.63) is 35.1 Å². The molecule has 3 nitrogen and oxygen atoms in total. The molecule has 1 aromatic carbocycles. The van der Waals surface area contributed by atoms with Crippen molar-refractivity contribution in [2.45, 2.75) is 34.2 Å². The second-order valence-corrected chi connectivity index (χ2v) is 7.21. The maximum atomic E-state index is 5.41. The summed E-state index contributed by atoms with van der Waals surface area (Å²) in [5.74, 6) is 1.57. The lowest BCUT2D eigenvalue weighted by atomic mass is 10.0. The standard InChI is InChI=1S/C16H21N3S/c1-15(2)12(16(15,3)4)10-19-13(17-18-14(19)20)11-8-6-5-7-9-11/h5-9,12H,10H2,1-4H3,(H,18,20).